The fourth-order valence-corrected chi connectivity index (χ4v) is 1.10. The average molecular weight is 209 g/mol. The van der Waals surface area contributed by atoms with Crippen molar-refractivity contribution in [3.63, 3.8) is 0 Å². The third-order valence-electron chi connectivity index (χ3n) is 1.40. The van der Waals surface area contributed by atoms with E-state index in [0.717, 1.165) is 6.07 Å². The zero-order valence-electron chi connectivity index (χ0n) is 6.72. The number of nitrogen functional groups attached to an aromatic ring is 1. The average Bonchev–Trinajstić information content (AvgIpc) is 2.08. The predicted molar refractivity (Wildman–Crippen MR) is 45.2 cm³/mol. The summed E-state index contributed by atoms with van der Waals surface area (Å²) in [5.41, 5.74) is 4.89. The Morgan fingerprint density at radius 3 is 2.69 bits per heavy atom. The van der Waals surface area contributed by atoms with E-state index < -0.39 is 6.43 Å². The quantitative estimate of drug-likeness (QED) is 0.811. The highest BCUT2D eigenvalue weighted by molar-refractivity contribution is 6.32. The third-order valence-corrected chi connectivity index (χ3v) is 1.78. The van der Waals surface area contributed by atoms with Crippen molar-refractivity contribution >= 4 is 17.4 Å². The van der Waals surface area contributed by atoms with Crippen LogP contribution < -0.4 is 10.5 Å². The second-order valence-electron chi connectivity index (χ2n) is 2.26. The molecule has 0 atom stereocenters. The van der Waals surface area contributed by atoms with E-state index >= 15 is 0 Å². The molecule has 0 amide bonds. The van der Waals surface area contributed by atoms with Gasteiger partial charge in [0.2, 0.25) is 5.88 Å². The van der Waals surface area contributed by atoms with Crippen molar-refractivity contribution < 1.29 is 13.5 Å². The highest BCUT2D eigenvalue weighted by atomic mass is 35.5. The van der Waals surface area contributed by atoms with Crippen LogP contribution in [0.4, 0.5) is 14.6 Å². The van der Waals surface area contributed by atoms with Crippen molar-refractivity contribution in [2.24, 2.45) is 0 Å². The number of nitrogens with two attached hydrogens (primary N) is 1. The van der Waals surface area contributed by atoms with E-state index in [9.17, 15) is 8.78 Å². The number of pyridine rings is 1. The van der Waals surface area contributed by atoms with E-state index in [0.29, 0.717) is 0 Å². The SMILES string of the molecule is COc1nc(N)cc(C(F)F)c1Cl. The van der Waals surface area contributed by atoms with E-state index in [1.807, 2.05) is 0 Å². The summed E-state index contributed by atoms with van der Waals surface area (Å²) in [5.74, 6) is -0.131. The van der Waals surface area contributed by atoms with Crippen LogP contribution in [0.2, 0.25) is 5.02 Å². The molecule has 0 bridgehead atoms. The molecule has 0 saturated carbocycles. The maximum atomic E-state index is 12.3. The van der Waals surface area contributed by atoms with E-state index in [4.69, 9.17) is 17.3 Å². The molecule has 72 valence electrons. The lowest BCUT2D eigenvalue weighted by molar-refractivity contribution is 0.151. The highest BCUT2D eigenvalue weighted by Gasteiger charge is 2.17. The molecule has 13 heavy (non-hydrogen) atoms. The molecule has 2 N–H and O–H groups in total. The Morgan fingerprint density at radius 1 is 1.62 bits per heavy atom. The first-order valence-electron chi connectivity index (χ1n) is 3.34. The predicted octanol–water partition coefficient (Wildman–Crippen LogP) is 2.26. The highest BCUT2D eigenvalue weighted by Crippen LogP contribution is 2.33. The molecule has 3 nitrogen and oxygen atoms in total. The minimum atomic E-state index is -2.69. The van der Waals surface area contributed by atoms with Crippen molar-refractivity contribution in [2.45, 2.75) is 6.43 Å². The van der Waals surface area contributed by atoms with Crippen LogP contribution in [0.25, 0.3) is 0 Å². The molecular weight excluding hydrogens is 202 g/mol. The molecule has 6 heteroatoms. The van der Waals surface area contributed by atoms with Crippen molar-refractivity contribution in [3.05, 3.63) is 16.7 Å². The number of ether oxygens (including phenoxy) is 1. The maximum Gasteiger partial charge on any atom is 0.265 e. The molecule has 1 aromatic heterocycles. The second-order valence-corrected chi connectivity index (χ2v) is 2.64. The van der Waals surface area contributed by atoms with Crippen LogP contribution >= 0.6 is 11.6 Å². The van der Waals surface area contributed by atoms with Gasteiger partial charge in [0, 0.05) is 5.56 Å². The van der Waals surface area contributed by atoms with Crippen molar-refractivity contribution in [1.29, 1.82) is 0 Å². The third kappa shape index (κ3) is 1.98. The van der Waals surface area contributed by atoms with Crippen molar-refractivity contribution in [2.75, 3.05) is 12.8 Å². The van der Waals surface area contributed by atoms with Gasteiger partial charge in [0.1, 0.15) is 10.8 Å². The number of anilines is 1. The lowest BCUT2D eigenvalue weighted by Gasteiger charge is -2.07. The maximum absolute atomic E-state index is 12.3. The monoisotopic (exact) mass is 208 g/mol. The first-order valence-corrected chi connectivity index (χ1v) is 3.72. The molecular formula is C7H7ClF2N2O. The van der Waals surface area contributed by atoms with E-state index in [1.54, 1.807) is 0 Å². The van der Waals surface area contributed by atoms with Gasteiger partial charge >= 0.3 is 0 Å². The van der Waals surface area contributed by atoms with Gasteiger partial charge in [-0.05, 0) is 6.07 Å². The van der Waals surface area contributed by atoms with Gasteiger partial charge in [0.05, 0.1) is 7.11 Å². The minimum Gasteiger partial charge on any atom is -0.480 e. The van der Waals surface area contributed by atoms with E-state index in [-0.39, 0.29) is 22.3 Å². The molecule has 0 unspecified atom stereocenters. The summed E-state index contributed by atoms with van der Waals surface area (Å²) in [7, 11) is 1.28. The summed E-state index contributed by atoms with van der Waals surface area (Å²) < 4.78 is 29.3. The number of aromatic nitrogens is 1. The first kappa shape index (κ1) is 9.98. The number of alkyl halides is 2. The van der Waals surface area contributed by atoms with Gasteiger partial charge in [-0.3, -0.25) is 0 Å². The zero-order valence-corrected chi connectivity index (χ0v) is 7.48. The Balaban J connectivity index is 3.27. The van der Waals surface area contributed by atoms with Crippen molar-refractivity contribution in [1.82, 2.24) is 4.98 Å². The van der Waals surface area contributed by atoms with E-state index in [2.05, 4.69) is 9.72 Å². The molecule has 1 aromatic rings. The van der Waals surface area contributed by atoms with Gasteiger partial charge in [-0.2, -0.15) is 4.98 Å². The van der Waals surface area contributed by atoms with Crippen LogP contribution in [0.3, 0.4) is 0 Å². The summed E-state index contributed by atoms with van der Waals surface area (Å²) in [6, 6.07) is 1.02. The molecule has 0 saturated heterocycles. The normalized spacial score (nSPS) is 10.5. The van der Waals surface area contributed by atoms with Crippen molar-refractivity contribution in [3.8, 4) is 5.88 Å². The summed E-state index contributed by atoms with van der Waals surface area (Å²) in [6.45, 7) is 0. The minimum absolute atomic E-state index is 0.0449. The lowest BCUT2D eigenvalue weighted by Crippen LogP contribution is -1.99. The number of hydrogen-bond donors (Lipinski definition) is 1. The second kappa shape index (κ2) is 3.74. The Labute approximate surface area is 78.5 Å². The molecule has 0 fully saturated rings. The Bertz CT molecular complexity index is 320. The molecule has 0 aliphatic carbocycles. The number of halogens is 3. The summed E-state index contributed by atoms with van der Waals surface area (Å²) in [6.07, 6.45) is -2.69. The van der Waals surface area contributed by atoms with Crippen LogP contribution in [-0.4, -0.2) is 12.1 Å². The summed E-state index contributed by atoms with van der Waals surface area (Å²) in [5, 5.41) is -0.202. The van der Waals surface area contributed by atoms with Gasteiger partial charge in [0.25, 0.3) is 6.43 Å². The van der Waals surface area contributed by atoms with Gasteiger partial charge in [-0.15, -0.1) is 0 Å². The van der Waals surface area contributed by atoms with Crippen LogP contribution in [0.1, 0.15) is 12.0 Å². The molecule has 1 rings (SSSR count). The zero-order chi connectivity index (χ0) is 10.0. The Kier molecular flexibility index (Phi) is 2.87. The van der Waals surface area contributed by atoms with Gasteiger partial charge in [-0.1, -0.05) is 11.6 Å². The molecule has 0 aromatic carbocycles. The fourth-order valence-electron chi connectivity index (χ4n) is 0.839. The number of nitrogens with zero attached hydrogens (tertiary/aromatic N) is 1. The number of hydrogen-bond acceptors (Lipinski definition) is 3. The fraction of sp³-hybridized carbons (Fsp3) is 0.286. The van der Waals surface area contributed by atoms with Gasteiger partial charge in [-0.25, -0.2) is 8.78 Å². The summed E-state index contributed by atoms with van der Waals surface area (Å²) >= 11 is 5.55. The topological polar surface area (TPSA) is 48.1 Å². The molecule has 1 heterocycles. The van der Waals surface area contributed by atoms with Gasteiger partial charge < -0.3 is 10.5 Å². The standard InChI is InChI=1S/C7H7ClF2N2O/c1-13-7-5(8)3(6(9)10)2-4(11)12-7/h2,6H,1H3,(H2,11,12). The van der Waals surface area contributed by atoms with Crippen LogP contribution in [0.15, 0.2) is 6.07 Å². The van der Waals surface area contributed by atoms with Crippen LogP contribution in [0.5, 0.6) is 5.88 Å². The molecule has 0 radical (unpaired) electrons. The Morgan fingerprint density at radius 2 is 2.23 bits per heavy atom. The van der Waals surface area contributed by atoms with Gasteiger partial charge in [0.15, 0.2) is 0 Å². The summed E-state index contributed by atoms with van der Waals surface area (Å²) in [4.78, 5) is 3.62. The largest absolute Gasteiger partial charge is 0.480 e. The molecule has 0 aliphatic rings. The lowest BCUT2D eigenvalue weighted by atomic mass is 10.2. The smallest absolute Gasteiger partial charge is 0.265 e. The van der Waals surface area contributed by atoms with Crippen LogP contribution in [-0.2, 0) is 0 Å². The van der Waals surface area contributed by atoms with Crippen LogP contribution in [0, 0.1) is 0 Å². The number of methoxy groups -OCH3 is 1. The van der Waals surface area contributed by atoms with E-state index in [1.165, 1.54) is 7.11 Å². The first-order chi connectivity index (χ1) is 6.06. The molecule has 0 spiro atoms. The molecule has 0 aliphatic heterocycles. The number of rotatable bonds is 2. The Hall–Kier alpha value is -1.10.